The van der Waals surface area contributed by atoms with Gasteiger partial charge in [0.1, 0.15) is 12.4 Å². The molecule has 4 nitrogen and oxygen atoms in total. The molecule has 1 heterocycles. The Morgan fingerprint density at radius 2 is 1.77 bits per heavy atom. The van der Waals surface area contributed by atoms with Crippen LogP contribution in [0.3, 0.4) is 0 Å². The Labute approximate surface area is 128 Å². The fourth-order valence-electron chi connectivity index (χ4n) is 2.24. The van der Waals surface area contributed by atoms with Gasteiger partial charge in [-0.1, -0.05) is 18.2 Å². The van der Waals surface area contributed by atoms with Gasteiger partial charge in [-0.25, -0.2) is 4.39 Å². The van der Waals surface area contributed by atoms with Crippen molar-refractivity contribution < 1.29 is 23.3 Å². The summed E-state index contributed by atoms with van der Waals surface area (Å²) in [5, 5.41) is 0. The predicted molar refractivity (Wildman–Crippen MR) is 78.4 cm³/mol. The third-order valence-electron chi connectivity index (χ3n) is 3.39. The molecule has 1 aliphatic heterocycles. The van der Waals surface area contributed by atoms with Crippen LogP contribution in [0.1, 0.15) is 17.4 Å². The largest absolute Gasteiger partial charge is 0.493 e. The summed E-state index contributed by atoms with van der Waals surface area (Å²) in [4.78, 5) is 0. The van der Waals surface area contributed by atoms with Crippen molar-refractivity contribution >= 4 is 0 Å². The summed E-state index contributed by atoms with van der Waals surface area (Å²) in [5.74, 6) is 0.967. The van der Waals surface area contributed by atoms with Gasteiger partial charge in [-0.15, -0.1) is 0 Å². The van der Waals surface area contributed by atoms with E-state index in [1.54, 1.807) is 19.2 Å². The van der Waals surface area contributed by atoms with Crippen molar-refractivity contribution in [3.05, 3.63) is 59.4 Å². The summed E-state index contributed by atoms with van der Waals surface area (Å²) in [6.45, 7) is 1.53. The molecule has 0 aromatic heterocycles. The lowest BCUT2D eigenvalue weighted by Gasteiger charge is -2.14. The predicted octanol–water partition coefficient (Wildman–Crippen LogP) is 3.46. The Bertz CT molecular complexity index is 621. The van der Waals surface area contributed by atoms with Gasteiger partial charge in [0.05, 0.1) is 20.3 Å². The lowest BCUT2D eigenvalue weighted by molar-refractivity contribution is -0.0442. The standard InChI is InChI=1S/C17H17FO4/c1-19-16-10-13(17-20-8-9-21-17)4-7-15(16)22-11-12-2-5-14(18)6-3-12/h2-7,10,17H,8-9,11H2,1H3. The van der Waals surface area contributed by atoms with Crippen molar-refractivity contribution in [2.75, 3.05) is 20.3 Å². The first-order valence-corrected chi connectivity index (χ1v) is 7.04. The number of methoxy groups -OCH3 is 1. The monoisotopic (exact) mass is 304 g/mol. The first-order chi connectivity index (χ1) is 10.8. The average molecular weight is 304 g/mol. The maximum Gasteiger partial charge on any atom is 0.184 e. The molecule has 0 bridgehead atoms. The number of benzene rings is 2. The van der Waals surface area contributed by atoms with E-state index in [-0.39, 0.29) is 12.1 Å². The summed E-state index contributed by atoms with van der Waals surface area (Å²) in [6.07, 6.45) is -0.347. The molecule has 1 aliphatic rings. The molecule has 0 amide bonds. The molecule has 0 spiro atoms. The highest BCUT2D eigenvalue weighted by molar-refractivity contribution is 5.43. The molecule has 22 heavy (non-hydrogen) atoms. The highest BCUT2D eigenvalue weighted by atomic mass is 19.1. The molecular formula is C17H17FO4. The Morgan fingerprint density at radius 3 is 2.45 bits per heavy atom. The van der Waals surface area contributed by atoms with Crippen LogP contribution in [0.2, 0.25) is 0 Å². The quantitative estimate of drug-likeness (QED) is 0.847. The number of halogens is 1. The minimum absolute atomic E-state index is 0.262. The van der Waals surface area contributed by atoms with Crippen LogP contribution in [0.15, 0.2) is 42.5 Å². The van der Waals surface area contributed by atoms with E-state index in [1.807, 2.05) is 18.2 Å². The first kappa shape index (κ1) is 14.8. The van der Waals surface area contributed by atoms with Gasteiger partial charge in [0.15, 0.2) is 17.8 Å². The molecular weight excluding hydrogens is 287 g/mol. The zero-order valence-corrected chi connectivity index (χ0v) is 12.3. The van der Waals surface area contributed by atoms with Crippen molar-refractivity contribution in [3.8, 4) is 11.5 Å². The van der Waals surface area contributed by atoms with Gasteiger partial charge in [0.2, 0.25) is 0 Å². The van der Waals surface area contributed by atoms with Gasteiger partial charge in [-0.3, -0.25) is 0 Å². The molecule has 2 aromatic carbocycles. The summed E-state index contributed by atoms with van der Waals surface area (Å²) in [7, 11) is 1.58. The SMILES string of the molecule is COc1cc(C2OCCO2)ccc1OCc1ccc(F)cc1. The molecule has 116 valence electrons. The molecule has 1 fully saturated rings. The van der Waals surface area contributed by atoms with E-state index >= 15 is 0 Å². The minimum Gasteiger partial charge on any atom is -0.493 e. The van der Waals surface area contributed by atoms with E-state index in [0.717, 1.165) is 11.1 Å². The Hall–Kier alpha value is -2.11. The zero-order valence-electron chi connectivity index (χ0n) is 12.3. The van der Waals surface area contributed by atoms with E-state index < -0.39 is 0 Å². The second-order valence-electron chi connectivity index (χ2n) is 4.90. The van der Waals surface area contributed by atoms with Gasteiger partial charge in [-0.2, -0.15) is 0 Å². The Balaban J connectivity index is 1.71. The normalized spacial score (nSPS) is 15.0. The van der Waals surface area contributed by atoms with Gasteiger partial charge in [0, 0.05) is 5.56 Å². The van der Waals surface area contributed by atoms with Crippen LogP contribution in [0, 0.1) is 5.82 Å². The van der Waals surface area contributed by atoms with Gasteiger partial charge in [-0.05, 0) is 29.8 Å². The number of ether oxygens (including phenoxy) is 4. The summed E-state index contributed by atoms with van der Waals surface area (Å²) >= 11 is 0. The maximum atomic E-state index is 12.9. The lowest BCUT2D eigenvalue weighted by Crippen LogP contribution is -2.01. The molecule has 0 aliphatic carbocycles. The van der Waals surface area contributed by atoms with Crippen molar-refractivity contribution in [3.63, 3.8) is 0 Å². The average Bonchev–Trinajstić information content (AvgIpc) is 3.08. The highest BCUT2D eigenvalue weighted by Gasteiger charge is 2.20. The van der Waals surface area contributed by atoms with Gasteiger partial charge >= 0.3 is 0 Å². The summed E-state index contributed by atoms with van der Waals surface area (Å²) in [6, 6.07) is 11.8. The molecule has 0 atom stereocenters. The topological polar surface area (TPSA) is 36.9 Å². The van der Waals surface area contributed by atoms with E-state index in [9.17, 15) is 4.39 Å². The third-order valence-corrected chi connectivity index (χ3v) is 3.39. The molecule has 1 saturated heterocycles. The third kappa shape index (κ3) is 3.37. The maximum absolute atomic E-state index is 12.9. The van der Waals surface area contributed by atoms with E-state index in [1.165, 1.54) is 12.1 Å². The highest BCUT2D eigenvalue weighted by Crippen LogP contribution is 2.33. The smallest absolute Gasteiger partial charge is 0.184 e. The molecule has 0 radical (unpaired) electrons. The zero-order chi connectivity index (χ0) is 15.4. The number of hydrogen-bond acceptors (Lipinski definition) is 4. The fraction of sp³-hybridized carbons (Fsp3) is 0.294. The van der Waals surface area contributed by atoms with Crippen molar-refractivity contribution in [1.29, 1.82) is 0 Å². The molecule has 5 heteroatoms. The number of hydrogen-bond donors (Lipinski definition) is 0. The van der Waals surface area contributed by atoms with Crippen LogP contribution in [-0.4, -0.2) is 20.3 Å². The van der Waals surface area contributed by atoms with Crippen LogP contribution in [0.5, 0.6) is 11.5 Å². The molecule has 0 N–H and O–H groups in total. The van der Waals surface area contributed by atoms with Crippen LogP contribution in [-0.2, 0) is 16.1 Å². The Kier molecular flexibility index (Phi) is 4.56. The van der Waals surface area contributed by atoms with Crippen LogP contribution in [0.25, 0.3) is 0 Å². The number of rotatable bonds is 5. The second-order valence-corrected chi connectivity index (χ2v) is 4.90. The second kappa shape index (κ2) is 6.77. The van der Waals surface area contributed by atoms with E-state index in [0.29, 0.717) is 31.3 Å². The lowest BCUT2D eigenvalue weighted by atomic mass is 10.2. The minimum atomic E-state index is -0.347. The van der Waals surface area contributed by atoms with E-state index in [2.05, 4.69) is 0 Å². The van der Waals surface area contributed by atoms with Crippen LogP contribution in [0.4, 0.5) is 4.39 Å². The van der Waals surface area contributed by atoms with Gasteiger partial charge < -0.3 is 18.9 Å². The molecule has 0 saturated carbocycles. The molecule has 0 unspecified atom stereocenters. The van der Waals surface area contributed by atoms with Gasteiger partial charge in [0.25, 0.3) is 0 Å². The van der Waals surface area contributed by atoms with Crippen molar-refractivity contribution in [1.82, 2.24) is 0 Å². The first-order valence-electron chi connectivity index (χ1n) is 7.04. The van der Waals surface area contributed by atoms with Crippen molar-refractivity contribution in [2.45, 2.75) is 12.9 Å². The summed E-state index contributed by atoms with van der Waals surface area (Å²) in [5.41, 5.74) is 1.78. The fourth-order valence-corrected chi connectivity index (χ4v) is 2.24. The van der Waals surface area contributed by atoms with E-state index in [4.69, 9.17) is 18.9 Å². The summed E-state index contributed by atoms with van der Waals surface area (Å²) < 4.78 is 34.9. The van der Waals surface area contributed by atoms with Crippen LogP contribution >= 0.6 is 0 Å². The van der Waals surface area contributed by atoms with Crippen LogP contribution < -0.4 is 9.47 Å². The van der Waals surface area contributed by atoms with Crippen molar-refractivity contribution in [2.24, 2.45) is 0 Å². The Morgan fingerprint density at radius 1 is 1.05 bits per heavy atom. The molecule has 3 rings (SSSR count). The molecule has 2 aromatic rings.